The van der Waals surface area contributed by atoms with Crippen LogP contribution < -0.4 is 4.74 Å². The zero-order chi connectivity index (χ0) is 23.3. The van der Waals surface area contributed by atoms with E-state index < -0.39 is 10.0 Å². The van der Waals surface area contributed by atoms with Crippen LogP contribution in [0.1, 0.15) is 12.8 Å². The van der Waals surface area contributed by atoms with Crippen LogP contribution in [0.15, 0.2) is 53.7 Å². The molecule has 10 heteroatoms. The van der Waals surface area contributed by atoms with Gasteiger partial charge in [0.2, 0.25) is 15.9 Å². The van der Waals surface area contributed by atoms with Crippen LogP contribution in [0, 0.1) is 5.92 Å². The topological polar surface area (TPSA) is 83.0 Å². The Morgan fingerprint density at radius 1 is 1.03 bits per heavy atom. The number of hydrogen-bond acceptors (Lipinski definition) is 6. The molecule has 4 rings (SSSR count). The van der Waals surface area contributed by atoms with Gasteiger partial charge in [-0.2, -0.15) is 4.31 Å². The minimum Gasteiger partial charge on any atom is -0.491 e. The van der Waals surface area contributed by atoms with Crippen molar-refractivity contribution in [1.82, 2.24) is 19.1 Å². The van der Waals surface area contributed by atoms with E-state index in [-0.39, 0.29) is 16.7 Å². The summed E-state index contributed by atoms with van der Waals surface area (Å²) in [6.45, 7) is 4.98. The van der Waals surface area contributed by atoms with E-state index in [9.17, 15) is 13.2 Å². The number of hydrogen-bond donors (Lipinski definition) is 0. The number of pyridine rings is 1. The largest absolute Gasteiger partial charge is 0.491 e. The first-order valence-corrected chi connectivity index (χ1v) is 13.1. The number of amides is 1. The molecular weight excluding hydrogens is 464 g/mol. The highest BCUT2D eigenvalue weighted by Gasteiger charge is 2.34. The van der Waals surface area contributed by atoms with Crippen molar-refractivity contribution in [3.8, 4) is 5.75 Å². The number of carbonyl (C=O) groups excluding carboxylic acids is 1. The number of piperazine rings is 1. The quantitative estimate of drug-likeness (QED) is 0.590. The Morgan fingerprint density at radius 2 is 1.76 bits per heavy atom. The average molecular weight is 493 g/mol. The van der Waals surface area contributed by atoms with Crippen molar-refractivity contribution < 1.29 is 17.9 Å². The number of aromatic nitrogens is 1. The molecule has 33 heavy (non-hydrogen) atoms. The van der Waals surface area contributed by atoms with Crippen molar-refractivity contribution in [2.75, 3.05) is 52.4 Å². The predicted molar refractivity (Wildman–Crippen MR) is 126 cm³/mol. The van der Waals surface area contributed by atoms with Crippen molar-refractivity contribution in [3.63, 3.8) is 0 Å². The molecular formula is C23H29ClN4O4S. The van der Waals surface area contributed by atoms with E-state index in [1.54, 1.807) is 24.4 Å². The molecule has 0 spiro atoms. The fourth-order valence-electron chi connectivity index (χ4n) is 4.29. The van der Waals surface area contributed by atoms with Gasteiger partial charge in [0.15, 0.2) is 0 Å². The van der Waals surface area contributed by atoms with E-state index in [1.165, 1.54) is 10.5 Å². The maximum atomic E-state index is 13.0. The summed E-state index contributed by atoms with van der Waals surface area (Å²) < 4.78 is 32.8. The van der Waals surface area contributed by atoms with Gasteiger partial charge in [0.1, 0.15) is 17.3 Å². The highest BCUT2D eigenvalue weighted by molar-refractivity contribution is 7.89. The highest BCUT2D eigenvalue weighted by Crippen LogP contribution is 2.25. The third kappa shape index (κ3) is 5.84. The Kier molecular flexibility index (Phi) is 7.85. The van der Waals surface area contributed by atoms with E-state index in [0.29, 0.717) is 56.4 Å². The fourth-order valence-corrected chi connectivity index (χ4v) is 5.91. The molecule has 0 N–H and O–H groups in total. The van der Waals surface area contributed by atoms with Crippen molar-refractivity contribution in [2.45, 2.75) is 17.7 Å². The van der Waals surface area contributed by atoms with E-state index in [0.717, 1.165) is 19.6 Å². The molecule has 0 bridgehead atoms. The molecule has 2 fully saturated rings. The van der Waals surface area contributed by atoms with Gasteiger partial charge in [0, 0.05) is 64.1 Å². The second-order valence-corrected chi connectivity index (χ2v) is 10.7. The van der Waals surface area contributed by atoms with Crippen molar-refractivity contribution in [3.05, 3.63) is 53.8 Å². The van der Waals surface area contributed by atoms with Gasteiger partial charge in [-0.25, -0.2) is 8.42 Å². The highest BCUT2D eigenvalue weighted by atomic mass is 35.5. The summed E-state index contributed by atoms with van der Waals surface area (Å²) in [6.07, 6.45) is 4.01. The molecule has 2 aliphatic rings. The van der Waals surface area contributed by atoms with Crippen LogP contribution in [-0.4, -0.2) is 85.8 Å². The lowest BCUT2D eigenvalue weighted by molar-refractivity contribution is -0.138. The summed E-state index contributed by atoms with van der Waals surface area (Å²) in [5.74, 6) is 0.700. The Balaban J connectivity index is 1.20. The molecule has 3 heterocycles. The maximum absolute atomic E-state index is 13.0. The van der Waals surface area contributed by atoms with Crippen LogP contribution in [0.25, 0.3) is 0 Å². The Labute approximate surface area is 200 Å². The minimum atomic E-state index is -3.56. The van der Waals surface area contributed by atoms with E-state index in [2.05, 4.69) is 9.88 Å². The lowest BCUT2D eigenvalue weighted by Gasteiger charge is -2.38. The first kappa shape index (κ1) is 23.9. The van der Waals surface area contributed by atoms with Crippen molar-refractivity contribution in [1.29, 1.82) is 0 Å². The molecule has 0 unspecified atom stereocenters. The van der Waals surface area contributed by atoms with Crippen LogP contribution in [0.3, 0.4) is 0 Å². The van der Waals surface area contributed by atoms with Crippen LogP contribution in [0.4, 0.5) is 0 Å². The van der Waals surface area contributed by atoms with Gasteiger partial charge in [-0.1, -0.05) is 23.7 Å². The molecule has 1 aromatic carbocycles. The zero-order valence-corrected chi connectivity index (χ0v) is 20.0. The maximum Gasteiger partial charge on any atom is 0.244 e. The summed E-state index contributed by atoms with van der Waals surface area (Å²) in [5.41, 5.74) is 0. The molecule has 2 aliphatic heterocycles. The fraction of sp³-hybridized carbons (Fsp3) is 0.478. The van der Waals surface area contributed by atoms with E-state index >= 15 is 0 Å². The summed E-state index contributed by atoms with van der Waals surface area (Å²) in [4.78, 5) is 21.3. The number of sulfonamides is 1. The lowest BCUT2D eigenvalue weighted by Crippen LogP contribution is -2.52. The summed E-state index contributed by atoms with van der Waals surface area (Å²) >= 11 is 6.12. The Bertz CT molecular complexity index is 1040. The zero-order valence-electron chi connectivity index (χ0n) is 18.5. The first-order valence-electron chi connectivity index (χ1n) is 11.2. The minimum absolute atomic E-state index is 0.125. The summed E-state index contributed by atoms with van der Waals surface area (Å²) in [7, 11) is -3.56. The summed E-state index contributed by atoms with van der Waals surface area (Å²) in [6, 6.07) is 10.6. The number of halogens is 1. The SMILES string of the molecule is O=C(C1CCN(S(=O)(=O)c2cccnc2)CC1)N1CCN(CCOc2ccccc2Cl)CC1. The van der Waals surface area contributed by atoms with E-state index in [1.807, 2.05) is 23.1 Å². The van der Waals surface area contributed by atoms with E-state index in [4.69, 9.17) is 16.3 Å². The van der Waals surface area contributed by atoms with Crippen molar-refractivity contribution >= 4 is 27.5 Å². The molecule has 2 aromatic rings. The monoisotopic (exact) mass is 492 g/mol. The number of nitrogens with zero attached hydrogens (tertiary/aromatic N) is 4. The number of carbonyl (C=O) groups is 1. The van der Waals surface area contributed by atoms with Gasteiger partial charge in [-0.05, 0) is 37.1 Å². The second kappa shape index (κ2) is 10.8. The molecule has 0 aliphatic carbocycles. The third-order valence-electron chi connectivity index (χ3n) is 6.26. The van der Waals surface area contributed by atoms with Gasteiger partial charge in [-0.3, -0.25) is 14.7 Å². The normalized spacial score (nSPS) is 18.9. The molecule has 0 atom stereocenters. The Morgan fingerprint density at radius 3 is 2.42 bits per heavy atom. The van der Waals surface area contributed by atoms with Crippen LogP contribution >= 0.6 is 11.6 Å². The molecule has 1 aromatic heterocycles. The van der Waals surface area contributed by atoms with Crippen LogP contribution in [0.2, 0.25) is 5.02 Å². The van der Waals surface area contributed by atoms with Gasteiger partial charge < -0.3 is 9.64 Å². The second-order valence-electron chi connectivity index (χ2n) is 8.31. The Hall–Kier alpha value is -2.20. The molecule has 8 nitrogen and oxygen atoms in total. The lowest BCUT2D eigenvalue weighted by atomic mass is 9.96. The first-order chi connectivity index (χ1) is 15.9. The van der Waals surface area contributed by atoms with Gasteiger partial charge in [-0.15, -0.1) is 0 Å². The molecule has 178 valence electrons. The number of ether oxygens (including phenoxy) is 1. The average Bonchev–Trinajstić information content (AvgIpc) is 2.86. The van der Waals surface area contributed by atoms with Gasteiger partial charge in [0.05, 0.1) is 5.02 Å². The number of para-hydroxylation sites is 1. The smallest absolute Gasteiger partial charge is 0.244 e. The molecule has 0 radical (unpaired) electrons. The van der Waals surface area contributed by atoms with Crippen LogP contribution in [-0.2, 0) is 14.8 Å². The van der Waals surface area contributed by atoms with Crippen LogP contribution in [0.5, 0.6) is 5.75 Å². The molecule has 0 saturated carbocycles. The standard InChI is InChI=1S/C23H29ClN4O4S/c24-21-5-1-2-6-22(21)32-17-16-26-12-14-27(15-13-26)23(29)19-7-10-28(11-8-19)33(30,31)20-4-3-9-25-18-20/h1-6,9,18-19H,7-8,10-17H2. The third-order valence-corrected chi connectivity index (χ3v) is 8.46. The van der Waals surface area contributed by atoms with Crippen molar-refractivity contribution in [2.24, 2.45) is 5.92 Å². The molecule has 2 saturated heterocycles. The summed E-state index contributed by atoms with van der Waals surface area (Å²) in [5, 5.41) is 0.604. The van der Waals surface area contributed by atoms with Gasteiger partial charge >= 0.3 is 0 Å². The van der Waals surface area contributed by atoms with Gasteiger partial charge in [0.25, 0.3) is 0 Å². The number of benzene rings is 1. The predicted octanol–water partition coefficient (Wildman–Crippen LogP) is 2.36. The molecule has 1 amide bonds. The number of piperidine rings is 1. The number of rotatable bonds is 7.